The zero-order valence-electron chi connectivity index (χ0n) is 8.98. The Kier molecular flexibility index (Phi) is 3.42. The van der Waals surface area contributed by atoms with Crippen LogP contribution in [0.3, 0.4) is 0 Å². The predicted octanol–water partition coefficient (Wildman–Crippen LogP) is 0.868. The van der Waals surface area contributed by atoms with E-state index in [0.717, 1.165) is 26.3 Å². The molecule has 0 aromatic carbocycles. The van der Waals surface area contributed by atoms with Crippen LogP contribution >= 0.6 is 0 Å². The predicted molar refractivity (Wildman–Crippen MR) is 55.2 cm³/mol. The molecule has 3 atom stereocenters. The van der Waals surface area contributed by atoms with Gasteiger partial charge in [0.25, 0.3) is 0 Å². The molecule has 0 bridgehead atoms. The summed E-state index contributed by atoms with van der Waals surface area (Å²) < 4.78 is 5.35. The smallest absolute Gasteiger partial charge is 0.0594 e. The van der Waals surface area contributed by atoms with E-state index >= 15 is 0 Å². The Morgan fingerprint density at radius 1 is 1.29 bits per heavy atom. The van der Waals surface area contributed by atoms with Crippen LogP contribution in [0.15, 0.2) is 0 Å². The third-order valence-corrected chi connectivity index (χ3v) is 3.67. The first-order valence-electron chi connectivity index (χ1n) is 5.79. The lowest BCUT2D eigenvalue weighted by Gasteiger charge is -2.36. The minimum Gasteiger partial charge on any atom is -0.393 e. The molecule has 1 aliphatic heterocycles. The first-order valence-corrected chi connectivity index (χ1v) is 5.79. The van der Waals surface area contributed by atoms with Gasteiger partial charge < -0.3 is 9.84 Å². The summed E-state index contributed by atoms with van der Waals surface area (Å²) in [5, 5.41) is 9.70. The van der Waals surface area contributed by atoms with E-state index in [1.807, 2.05) is 6.92 Å². The maximum absolute atomic E-state index is 9.70. The largest absolute Gasteiger partial charge is 0.393 e. The zero-order valence-corrected chi connectivity index (χ0v) is 8.98. The van der Waals surface area contributed by atoms with Crippen molar-refractivity contribution in [3.05, 3.63) is 0 Å². The van der Waals surface area contributed by atoms with Gasteiger partial charge in [0.1, 0.15) is 0 Å². The van der Waals surface area contributed by atoms with Crippen LogP contribution in [0.25, 0.3) is 0 Å². The molecule has 1 saturated carbocycles. The number of aliphatic hydroxyl groups excluding tert-OH is 1. The van der Waals surface area contributed by atoms with Crippen LogP contribution in [0.1, 0.15) is 26.2 Å². The topological polar surface area (TPSA) is 32.7 Å². The van der Waals surface area contributed by atoms with E-state index in [-0.39, 0.29) is 6.10 Å². The summed E-state index contributed by atoms with van der Waals surface area (Å²) in [7, 11) is 0. The van der Waals surface area contributed by atoms with Crippen LogP contribution in [0.2, 0.25) is 0 Å². The summed E-state index contributed by atoms with van der Waals surface area (Å²) in [4.78, 5) is 2.51. The Labute approximate surface area is 86.0 Å². The van der Waals surface area contributed by atoms with E-state index in [1.165, 1.54) is 19.3 Å². The number of ether oxygens (including phenoxy) is 1. The summed E-state index contributed by atoms with van der Waals surface area (Å²) in [6.07, 6.45) is 3.58. The van der Waals surface area contributed by atoms with Crippen molar-refractivity contribution in [1.82, 2.24) is 4.90 Å². The van der Waals surface area contributed by atoms with Gasteiger partial charge in [-0.25, -0.2) is 0 Å². The number of rotatable bonds is 2. The summed E-state index contributed by atoms with van der Waals surface area (Å²) >= 11 is 0. The Hall–Kier alpha value is -0.120. The SMILES string of the molecule is C[C@@H](O)[C@@H]1CCC[C@@H]1N1CCOCC1. The molecule has 3 nitrogen and oxygen atoms in total. The van der Waals surface area contributed by atoms with E-state index in [4.69, 9.17) is 4.74 Å². The van der Waals surface area contributed by atoms with Crippen LogP contribution < -0.4 is 0 Å². The van der Waals surface area contributed by atoms with Gasteiger partial charge in [0.2, 0.25) is 0 Å². The second-order valence-corrected chi connectivity index (χ2v) is 4.55. The molecule has 2 rings (SSSR count). The number of morpholine rings is 1. The van der Waals surface area contributed by atoms with Gasteiger partial charge in [0, 0.05) is 25.0 Å². The van der Waals surface area contributed by atoms with Gasteiger partial charge in [0.15, 0.2) is 0 Å². The van der Waals surface area contributed by atoms with Gasteiger partial charge >= 0.3 is 0 Å². The molecule has 1 N–H and O–H groups in total. The van der Waals surface area contributed by atoms with Crippen molar-refractivity contribution in [3.63, 3.8) is 0 Å². The third-order valence-electron chi connectivity index (χ3n) is 3.67. The molecule has 1 saturated heterocycles. The standard InChI is InChI=1S/C11H21NO2/c1-9(13)10-3-2-4-11(10)12-5-7-14-8-6-12/h9-11,13H,2-8H2,1H3/t9-,10+,11+/m1/s1. The van der Waals surface area contributed by atoms with Gasteiger partial charge in [0.05, 0.1) is 19.3 Å². The molecule has 0 aromatic rings. The summed E-state index contributed by atoms with van der Waals surface area (Å²) in [5.74, 6) is 0.494. The first kappa shape index (κ1) is 10.4. The zero-order chi connectivity index (χ0) is 9.97. The van der Waals surface area contributed by atoms with E-state index in [1.54, 1.807) is 0 Å². The molecule has 3 heteroatoms. The third kappa shape index (κ3) is 2.10. The molecule has 2 fully saturated rings. The molecule has 14 heavy (non-hydrogen) atoms. The molecule has 1 heterocycles. The van der Waals surface area contributed by atoms with Crippen molar-refractivity contribution in [2.24, 2.45) is 5.92 Å². The van der Waals surface area contributed by atoms with Crippen molar-refractivity contribution in [2.45, 2.75) is 38.3 Å². The van der Waals surface area contributed by atoms with Gasteiger partial charge in [-0.15, -0.1) is 0 Å². The molecule has 82 valence electrons. The second-order valence-electron chi connectivity index (χ2n) is 4.55. The van der Waals surface area contributed by atoms with E-state index in [9.17, 15) is 5.11 Å². The van der Waals surface area contributed by atoms with Crippen LogP contribution in [0.5, 0.6) is 0 Å². The Bertz CT molecular complexity index is 178. The first-order chi connectivity index (χ1) is 6.79. The molecule has 0 aromatic heterocycles. The van der Waals surface area contributed by atoms with Crippen molar-refractivity contribution >= 4 is 0 Å². The number of aliphatic hydroxyl groups is 1. The number of nitrogens with zero attached hydrogens (tertiary/aromatic N) is 1. The lowest BCUT2D eigenvalue weighted by Crippen LogP contribution is -2.47. The molecule has 0 unspecified atom stereocenters. The Balaban J connectivity index is 1.94. The average molecular weight is 199 g/mol. The molecule has 2 aliphatic rings. The van der Waals surface area contributed by atoms with Gasteiger partial charge in [-0.3, -0.25) is 4.90 Å². The Morgan fingerprint density at radius 2 is 2.00 bits per heavy atom. The summed E-state index contributed by atoms with van der Waals surface area (Å²) in [6.45, 7) is 5.76. The fourth-order valence-electron chi connectivity index (χ4n) is 2.89. The van der Waals surface area contributed by atoms with Crippen LogP contribution in [-0.2, 0) is 4.74 Å². The summed E-state index contributed by atoms with van der Waals surface area (Å²) in [5.41, 5.74) is 0. The monoisotopic (exact) mass is 199 g/mol. The highest BCUT2D eigenvalue weighted by molar-refractivity contribution is 4.88. The van der Waals surface area contributed by atoms with E-state index < -0.39 is 0 Å². The van der Waals surface area contributed by atoms with Crippen molar-refractivity contribution in [3.8, 4) is 0 Å². The number of hydrogen-bond donors (Lipinski definition) is 1. The van der Waals surface area contributed by atoms with Crippen LogP contribution in [0, 0.1) is 5.92 Å². The molecular weight excluding hydrogens is 178 g/mol. The fourth-order valence-corrected chi connectivity index (χ4v) is 2.89. The van der Waals surface area contributed by atoms with Crippen molar-refractivity contribution in [2.75, 3.05) is 26.3 Å². The number of hydrogen-bond acceptors (Lipinski definition) is 3. The quantitative estimate of drug-likeness (QED) is 0.716. The lowest BCUT2D eigenvalue weighted by atomic mass is 9.96. The Morgan fingerprint density at radius 3 is 2.64 bits per heavy atom. The summed E-state index contributed by atoms with van der Waals surface area (Å²) in [6, 6.07) is 0.610. The molecule has 0 spiro atoms. The van der Waals surface area contributed by atoms with Gasteiger partial charge in [-0.2, -0.15) is 0 Å². The highest BCUT2D eigenvalue weighted by Gasteiger charge is 2.35. The lowest BCUT2D eigenvalue weighted by molar-refractivity contribution is -0.00961. The molecule has 0 amide bonds. The molecular formula is C11H21NO2. The van der Waals surface area contributed by atoms with E-state index in [2.05, 4.69) is 4.90 Å². The maximum atomic E-state index is 9.70. The highest BCUT2D eigenvalue weighted by Crippen LogP contribution is 2.32. The molecule has 1 aliphatic carbocycles. The van der Waals surface area contributed by atoms with Gasteiger partial charge in [-0.05, 0) is 19.8 Å². The van der Waals surface area contributed by atoms with Crippen LogP contribution in [-0.4, -0.2) is 48.5 Å². The fraction of sp³-hybridized carbons (Fsp3) is 1.00. The van der Waals surface area contributed by atoms with E-state index in [0.29, 0.717) is 12.0 Å². The minimum atomic E-state index is -0.148. The highest BCUT2D eigenvalue weighted by atomic mass is 16.5. The minimum absolute atomic E-state index is 0.148. The van der Waals surface area contributed by atoms with Crippen molar-refractivity contribution in [1.29, 1.82) is 0 Å². The van der Waals surface area contributed by atoms with Gasteiger partial charge in [-0.1, -0.05) is 6.42 Å². The van der Waals surface area contributed by atoms with Crippen LogP contribution in [0.4, 0.5) is 0 Å². The normalized spacial score (nSPS) is 37.3. The van der Waals surface area contributed by atoms with Crippen molar-refractivity contribution < 1.29 is 9.84 Å². The second kappa shape index (κ2) is 4.60. The average Bonchev–Trinajstić information content (AvgIpc) is 2.67. The maximum Gasteiger partial charge on any atom is 0.0594 e. The molecule has 0 radical (unpaired) electrons.